The van der Waals surface area contributed by atoms with Crippen LogP contribution in [0.5, 0.6) is 0 Å². The average molecular weight is 216 g/mol. The first-order valence-electron chi connectivity index (χ1n) is 5.30. The summed E-state index contributed by atoms with van der Waals surface area (Å²) in [4.78, 5) is 8.72. The van der Waals surface area contributed by atoms with Crippen molar-refractivity contribution in [3.05, 3.63) is 23.5 Å². The van der Waals surface area contributed by atoms with E-state index in [1.165, 1.54) is 0 Å². The molecule has 82 valence electrons. The van der Waals surface area contributed by atoms with Gasteiger partial charge in [0.2, 0.25) is 5.71 Å². The van der Waals surface area contributed by atoms with Crippen LogP contribution in [0.25, 0.3) is 16.7 Å². The van der Waals surface area contributed by atoms with Crippen molar-refractivity contribution in [2.45, 2.75) is 27.2 Å². The first-order chi connectivity index (χ1) is 7.70. The largest absolute Gasteiger partial charge is 0.443 e. The van der Waals surface area contributed by atoms with Crippen molar-refractivity contribution in [1.82, 2.24) is 19.6 Å². The molecule has 0 atom stereocenters. The van der Waals surface area contributed by atoms with E-state index < -0.39 is 0 Å². The fraction of sp³-hybridized carbons (Fsp3) is 0.364. The molecule has 16 heavy (non-hydrogen) atoms. The molecule has 5 heteroatoms. The molecule has 3 aromatic heterocycles. The van der Waals surface area contributed by atoms with Gasteiger partial charge >= 0.3 is 0 Å². The van der Waals surface area contributed by atoms with Gasteiger partial charge in [0.1, 0.15) is 12.1 Å². The number of aromatic nitrogens is 4. The van der Waals surface area contributed by atoms with E-state index in [-0.39, 0.29) is 0 Å². The number of furan rings is 1. The van der Waals surface area contributed by atoms with Gasteiger partial charge in [0.05, 0.1) is 5.39 Å². The van der Waals surface area contributed by atoms with Crippen molar-refractivity contribution < 1.29 is 4.42 Å². The highest BCUT2D eigenvalue weighted by Crippen LogP contribution is 2.25. The molecule has 3 aromatic rings. The van der Waals surface area contributed by atoms with E-state index in [1.807, 2.05) is 20.8 Å². The van der Waals surface area contributed by atoms with Crippen LogP contribution < -0.4 is 0 Å². The topological polar surface area (TPSA) is 56.2 Å². The van der Waals surface area contributed by atoms with Gasteiger partial charge in [0, 0.05) is 12.0 Å². The van der Waals surface area contributed by atoms with E-state index in [0.717, 1.165) is 34.6 Å². The molecule has 0 N–H and O–H groups in total. The van der Waals surface area contributed by atoms with Crippen LogP contribution in [-0.2, 0) is 6.42 Å². The lowest BCUT2D eigenvalue weighted by molar-refractivity contribution is 0.563. The summed E-state index contributed by atoms with van der Waals surface area (Å²) in [7, 11) is 0. The van der Waals surface area contributed by atoms with Crippen molar-refractivity contribution in [3.8, 4) is 0 Å². The molecule has 0 saturated heterocycles. The van der Waals surface area contributed by atoms with Gasteiger partial charge in [-0.2, -0.15) is 0 Å². The Bertz CT molecular complexity index is 680. The Morgan fingerprint density at radius 1 is 1.38 bits per heavy atom. The third-order valence-electron chi connectivity index (χ3n) is 2.87. The maximum atomic E-state index is 5.56. The molecule has 3 rings (SSSR count). The van der Waals surface area contributed by atoms with Crippen LogP contribution >= 0.6 is 0 Å². The van der Waals surface area contributed by atoms with Crippen LogP contribution in [0.1, 0.15) is 24.1 Å². The SMILES string of the molecule is CCc1nc2c3c(C)c(C)oc3ncn2n1. The molecule has 0 aliphatic rings. The minimum absolute atomic E-state index is 0.637. The summed E-state index contributed by atoms with van der Waals surface area (Å²) >= 11 is 0. The smallest absolute Gasteiger partial charge is 0.231 e. The molecule has 0 spiro atoms. The number of fused-ring (bicyclic) bond motifs is 3. The Balaban J connectivity index is 2.51. The molecular formula is C11H12N4O. The van der Waals surface area contributed by atoms with Crippen molar-refractivity contribution in [2.24, 2.45) is 0 Å². The quantitative estimate of drug-likeness (QED) is 0.624. The molecule has 0 aliphatic heterocycles. The number of hydrogen-bond donors (Lipinski definition) is 0. The highest BCUT2D eigenvalue weighted by atomic mass is 16.3. The summed E-state index contributed by atoms with van der Waals surface area (Å²) in [6, 6.07) is 0. The van der Waals surface area contributed by atoms with Crippen LogP contribution in [-0.4, -0.2) is 19.6 Å². The summed E-state index contributed by atoms with van der Waals surface area (Å²) in [5.41, 5.74) is 2.55. The predicted molar refractivity (Wildman–Crippen MR) is 59.4 cm³/mol. The summed E-state index contributed by atoms with van der Waals surface area (Å²) in [6.45, 7) is 5.99. The van der Waals surface area contributed by atoms with Gasteiger partial charge in [-0.1, -0.05) is 6.92 Å². The molecule has 0 aliphatic carbocycles. The van der Waals surface area contributed by atoms with Crippen LogP contribution in [0.4, 0.5) is 0 Å². The lowest BCUT2D eigenvalue weighted by Crippen LogP contribution is -1.90. The molecule has 0 aromatic carbocycles. The van der Waals surface area contributed by atoms with Gasteiger partial charge in [-0.05, 0) is 13.8 Å². The zero-order valence-corrected chi connectivity index (χ0v) is 9.48. The number of nitrogens with zero attached hydrogens (tertiary/aromatic N) is 4. The molecule has 0 fully saturated rings. The second kappa shape index (κ2) is 3.04. The van der Waals surface area contributed by atoms with Crippen molar-refractivity contribution >= 4 is 16.7 Å². The fourth-order valence-electron chi connectivity index (χ4n) is 1.84. The molecule has 0 bridgehead atoms. The molecule has 0 amide bonds. The minimum Gasteiger partial charge on any atom is -0.443 e. The Labute approximate surface area is 92.1 Å². The van der Waals surface area contributed by atoms with Gasteiger partial charge in [-0.15, -0.1) is 5.10 Å². The average Bonchev–Trinajstić information content (AvgIpc) is 2.81. The number of rotatable bonds is 1. The van der Waals surface area contributed by atoms with Crippen LogP contribution in [0.2, 0.25) is 0 Å². The first-order valence-corrected chi connectivity index (χ1v) is 5.30. The summed E-state index contributed by atoms with van der Waals surface area (Å²) in [5.74, 6) is 1.71. The zero-order chi connectivity index (χ0) is 11.3. The molecule has 0 saturated carbocycles. The van der Waals surface area contributed by atoms with E-state index in [4.69, 9.17) is 4.42 Å². The van der Waals surface area contributed by atoms with Crippen molar-refractivity contribution in [2.75, 3.05) is 0 Å². The molecule has 0 unspecified atom stereocenters. The Morgan fingerprint density at radius 2 is 2.19 bits per heavy atom. The van der Waals surface area contributed by atoms with Gasteiger partial charge in [-0.25, -0.2) is 14.5 Å². The summed E-state index contributed by atoms with van der Waals surface area (Å²) < 4.78 is 7.27. The van der Waals surface area contributed by atoms with Crippen molar-refractivity contribution in [3.63, 3.8) is 0 Å². The number of hydrogen-bond acceptors (Lipinski definition) is 4. The third-order valence-corrected chi connectivity index (χ3v) is 2.87. The minimum atomic E-state index is 0.637. The summed E-state index contributed by atoms with van der Waals surface area (Å²) in [5, 5.41) is 5.30. The Kier molecular flexibility index (Phi) is 1.77. The highest BCUT2D eigenvalue weighted by Gasteiger charge is 2.14. The van der Waals surface area contributed by atoms with Crippen LogP contribution in [0.15, 0.2) is 10.7 Å². The predicted octanol–water partition coefficient (Wildman–Crippen LogP) is 2.05. The van der Waals surface area contributed by atoms with E-state index in [9.17, 15) is 0 Å². The van der Waals surface area contributed by atoms with Gasteiger partial charge < -0.3 is 4.42 Å². The molecule has 5 nitrogen and oxygen atoms in total. The zero-order valence-electron chi connectivity index (χ0n) is 9.48. The highest BCUT2D eigenvalue weighted by molar-refractivity contribution is 5.91. The van der Waals surface area contributed by atoms with Crippen LogP contribution in [0, 0.1) is 13.8 Å². The van der Waals surface area contributed by atoms with Crippen LogP contribution in [0.3, 0.4) is 0 Å². The Hall–Kier alpha value is -1.91. The number of aryl methyl sites for hydroxylation is 3. The maximum Gasteiger partial charge on any atom is 0.231 e. The standard InChI is InChI=1S/C11H12N4O/c1-4-8-13-10-9-6(2)7(3)16-11(9)12-5-15(10)14-8/h5H,4H2,1-3H3. The normalized spacial score (nSPS) is 11.7. The maximum absolute atomic E-state index is 5.56. The lowest BCUT2D eigenvalue weighted by Gasteiger charge is -1.91. The van der Waals surface area contributed by atoms with Gasteiger partial charge in [-0.3, -0.25) is 0 Å². The molecule has 3 heterocycles. The van der Waals surface area contributed by atoms with E-state index in [2.05, 4.69) is 15.1 Å². The van der Waals surface area contributed by atoms with Gasteiger partial charge in [0.25, 0.3) is 0 Å². The monoisotopic (exact) mass is 216 g/mol. The van der Waals surface area contributed by atoms with Crippen molar-refractivity contribution in [1.29, 1.82) is 0 Å². The second-order valence-electron chi connectivity index (χ2n) is 3.86. The van der Waals surface area contributed by atoms with E-state index in [1.54, 1.807) is 10.8 Å². The van der Waals surface area contributed by atoms with E-state index in [0.29, 0.717) is 5.71 Å². The molecule has 0 radical (unpaired) electrons. The first kappa shape index (κ1) is 9.33. The van der Waals surface area contributed by atoms with E-state index >= 15 is 0 Å². The lowest BCUT2D eigenvalue weighted by atomic mass is 10.2. The Morgan fingerprint density at radius 3 is 2.94 bits per heavy atom. The third kappa shape index (κ3) is 1.08. The second-order valence-corrected chi connectivity index (χ2v) is 3.86. The summed E-state index contributed by atoms with van der Waals surface area (Å²) in [6.07, 6.45) is 2.46. The molecular weight excluding hydrogens is 204 g/mol. The van der Waals surface area contributed by atoms with Gasteiger partial charge in [0.15, 0.2) is 11.5 Å². The fourth-order valence-corrected chi connectivity index (χ4v) is 1.84.